The smallest absolute Gasteiger partial charge is 0.376 e. The van der Waals surface area contributed by atoms with E-state index in [2.05, 4.69) is 0 Å². The Labute approximate surface area is 116 Å². The zero-order valence-electron chi connectivity index (χ0n) is 11.4. The van der Waals surface area contributed by atoms with Crippen molar-refractivity contribution in [2.24, 2.45) is 5.73 Å². The summed E-state index contributed by atoms with van der Waals surface area (Å²) in [5, 5.41) is 0. The highest BCUT2D eigenvalue weighted by atomic mass is 19.4. The molecule has 1 aliphatic heterocycles. The number of alkyl halides is 3. The van der Waals surface area contributed by atoms with Crippen LogP contribution >= 0.6 is 0 Å². The second-order valence-electron chi connectivity index (χ2n) is 5.06. The maximum atomic E-state index is 13.0. The second-order valence-corrected chi connectivity index (χ2v) is 5.06. The van der Waals surface area contributed by atoms with Gasteiger partial charge < -0.3 is 15.4 Å². The van der Waals surface area contributed by atoms with Crippen LogP contribution in [0, 0.1) is 0 Å². The van der Waals surface area contributed by atoms with Crippen molar-refractivity contribution in [2.75, 3.05) is 25.1 Å². The molecular weight excluding hydrogens is 269 g/mol. The Hall–Kier alpha value is -1.27. The van der Waals surface area contributed by atoms with Crippen LogP contribution in [0.4, 0.5) is 18.9 Å². The lowest BCUT2D eigenvalue weighted by Gasteiger charge is -2.24. The van der Waals surface area contributed by atoms with Crippen LogP contribution < -0.4 is 10.6 Å². The minimum Gasteiger partial charge on any atom is -0.376 e. The Morgan fingerprint density at radius 1 is 1.40 bits per heavy atom. The molecule has 0 aliphatic carbocycles. The largest absolute Gasteiger partial charge is 0.416 e. The van der Waals surface area contributed by atoms with Crippen molar-refractivity contribution in [3.8, 4) is 0 Å². The molecule has 1 atom stereocenters. The fraction of sp³-hybridized carbons (Fsp3) is 0.571. The summed E-state index contributed by atoms with van der Waals surface area (Å²) in [6.07, 6.45) is -2.31. The molecule has 112 valence electrons. The van der Waals surface area contributed by atoms with Crippen LogP contribution in [0.15, 0.2) is 18.2 Å². The maximum absolute atomic E-state index is 13.0. The summed E-state index contributed by atoms with van der Waals surface area (Å²) in [4.78, 5) is 1.80. The van der Waals surface area contributed by atoms with Crippen LogP contribution in [0.5, 0.6) is 0 Å². The number of hydrogen-bond donors (Lipinski definition) is 1. The van der Waals surface area contributed by atoms with Crippen molar-refractivity contribution in [2.45, 2.75) is 31.7 Å². The number of rotatable bonds is 4. The predicted octanol–water partition coefficient (Wildman–Crippen LogP) is 2.78. The monoisotopic (exact) mass is 288 g/mol. The minimum atomic E-state index is -4.38. The van der Waals surface area contributed by atoms with Crippen LogP contribution in [0.3, 0.4) is 0 Å². The first-order valence-corrected chi connectivity index (χ1v) is 6.64. The van der Waals surface area contributed by atoms with E-state index in [1.54, 1.807) is 18.0 Å². The molecule has 0 saturated carbocycles. The molecular formula is C14H19F3N2O. The average Bonchev–Trinajstić information content (AvgIpc) is 2.89. The van der Waals surface area contributed by atoms with Gasteiger partial charge in [0, 0.05) is 32.4 Å². The molecule has 20 heavy (non-hydrogen) atoms. The van der Waals surface area contributed by atoms with Crippen LogP contribution in [-0.2, 0) is 17.5 Å². The third-order valence-electron chi connectivity index (χ3n) is 3.56. The van der Waals surface area contributed by atoms with Crippen LogP contribution in [0.25, 0.3) is 0 Å². The Balaban J connectivity index is 2.19. The van der Waals surface area contributed by atoms with E-state index < -0.39 is 11.7 Å². The normalized spacial score (nSPS) is 19.4. The number of nitrogens with zero attached hydrogens (tertiary/aromatic N) is 1. The summed E-state index contributed by atoms with van der Waals surface area (Å²) in [6, 6.07) is 4.29. The van der Waals surface area contributed by atoms with E-state index in [-0.39, 0.29) is 18.2 Å². The number of likely N-dealkylation sites (N-methyl/N-ethyl adjacent to an activating group) is 1. The first-order chi connectivity index (χ1) is 9.41. The molecule has 0 radical (unpaired) electrons. The number of ether oxygens (including phenoxy) is 1. The topological polar surface area (TPSA) is 38.5 Å². The molecule has 0 aromatic heterocycles. The number of anilines is 1. The highest BCUT2D eigenvalue weighted by Crippen LogP contribution is 2.34. The summed E-state index contributed by atoms with van der Waals surface area (Å²) < 4.78 is 44.5. The van der Waals surface area contributed by atoms with Gasteiger partial charge in [0.15, 0.2) is 0 Å². The van der Waals surface area contributed by atoms with Crippen LogP contribution in [-0.4, -0.2) is 26.3 Å². The Kier molecular flexibility index (Phi) is 4.55. The van der Waals surface area contributed by atoms with Crippen LogP contribution in [0.2, 0.25) is 0 Å². The molecule has 1 aliphatic rings. The molecule has 1 fully saturated rings. The molecule has 1 unspecified atom stereocenters. The number of benzene rings is 1. The lowest BCUT2D eigenvalue weighted by Crippen LogP contribution is -2.28. The van der Waals surface area contributed by atoms with Gasteiger partial charge in [-0.2, -0.15) is 13.2 Å². The van der Waals surface area contributed by atoms with E-state index in [4.69, 9.17) is 10.5 Å². The van der Waals surface area contributed by atoms with Gasteiger partial charge in [-0.25, -0.2) is 0 Å². The summed E-state index contributed by atoms with van der Waals surface area (Å²) in [7, 11) is 1.78. The third kappa shape index (κ3) is 3.43. The van der Waals surface area contributed by atoms with Crippen LogP contribution in [0.1, 0.15) is 24.0 Å². The van der Waals surface area contributed by atoms with Gasteiger partial charge in [0.2, 0.25) is 0 Å². The van der Waals surface area contributed by atoms with E-state index in [9.17, 15) is 13.2 Å². The third-order valence-corrected chi connectivity index (χ3v) is 3.56. The molecule has 0 spiro atoms. The first-order valence-electron chi connectivity index (χ1n) is 6.64. The summed E-state index contributed by atoms with van der Waals surface area (Å²) >= 11 is 0. The molecule has 6 heteroatoms. The van der Waals surface area contributed by atoms with Gasteiger partial charge in [0.25, 0.3) is 0 Å². The quantitative estimate of drug-likeness (QED) is 0.926. The van der Waals surface area contributed by atoms with Gasteiger partial charge in [-0.1, -0.05) is 6.07 Å². The number of nitrogens with two attached hydrogens (primary N) is 1. The fourth-order valence-corrected chi connectivity index (χ4v) is 2.44. The van der Waals surface area contributed by atoms with Gasteiger partial charge in [-0.05, 0) is 30.5 Å². The summed E-state index contributed by atoms with van der Waals surface area (Å²) in [6.45, 7) is 1.21. The van der Waals surface area contributed by atoms with Gasteiger partial charge in [0.1, 0.15) is 0 Å². The molecule has 1 saturated heterocycles. The SMILES string of the molecule is CN(CC1CCCO1)c1ccc(CN)c(C(F)(F)F)c1. The van der Waals surface area contributed by atoms with Gasteiger partial charge in [-0.15, -0.1) is 0 Å². The number of hydrogen-bond acceptors (Lipinski definition) is 3. The van der Waals surface area contributed by atoms with Gasteiger partial charge >= 0.3 is 6.18 Å². The van der Waals surface area contributed by atoms with E-state index in [1.165, 1.54) is 6.07 Å². The molecule has 1 heterocycles. The van der Waals surface area contributed by atoms with Crippen molar-refractivity contribution in [3.05, 3.63) is 29.3 Å². The fourth-order valence-electron chi connectivity index (χ4n) is 2.44. The zero-order valence-corrected chi connectivity index (χ0v) is 11.4. The zero-order chi connectivity index (χ0) is 14.8. The van der Waals surface area contributed by atoms with E-state index in [0.29, 0.717) is 12.2 Å². The van der Waals surface area contributed by atoms with E-state index in [1.807, 2.05) is 0 Å². The van der Waals surface area contributed by atoms with Gasteiger partial charge in [-0.3, -0.25) is 0 Å². The summed E-state index contributed by atoms with van der Waals surface area (Å²) in [5.41, 5.74) is 5.37. The van der Waals surface area contributed by atoms with Crippen molar-refractivity contribution >= 4 is 5.69 Å². The highest BCUT2D eigenvalue weighted by Gasteiger charge is 2.33. The Morgan fingerprint density at radius 2 is 2.15 bits per heavy atom. The Bertz CT molecular complexity index is 456. The highest BCUT2D eigenvalue weighted by molar-refractivity contribution is 5.51. The first kappa shape index (κ1) is 15.1. The molecule has 0 amide bonds. The lowest BCUT2D eigenvalue weighted by atomic mass is 10.1. The molecule has 2 rings (SSSR count). The van der Waals surface area contributed by atoms with Gasteiger partial charge in [0.05, 0.1) is 11.7 Å². The molecule has 0 bridgehead atoms. The van der Waals surface area contributed by atoms with Crippen molar-refractivity contribution in [1.29, 1.82) is 0 Å². The maximum Gasteiger partial charge on any atom is 0.416 e. The van der Waals surface area contributed by atoms with Crippen molar-refractivity contribution in [1.82, 2.24) is 0 Å². The lowest BCUT2D eigenvalue weighted by molar-refractivity contribution is -0.138. The Morgan fingerprint density at radius 3 is 2.70 bits per heavy atom. The van der Waals surface area contributed by atoms with E-state index in [0.717, 1.165) is 25.5 Å². The minimum absolute atomic E-state index is 0.100. The predicted molar refractivity (Wildman–Crippen MR) is 71.6 cm³/mol. The molecule has 2 N–H and O–H groups in total. The van der Waals surface area contributed by atoms with Crippen molar-refractivity contribution < 1.29 is 17.9 Å². The van der Waals surface area contributed by atoms with E-state index >= 15 is 0 Å². The second kappa shape index (κ2) is 6.01. The standard InChI is InChI=1S/C14H19F3N2O/c1-19(9-12-3-2-6-20-12)11-5-4-10(8-18)13(7-11)14(15,16)17/h4-5,7,12H,2-3,6,8-9,18H2,1H3. The van der Waals surface area contributed by atoms with Crippen molar-refractivity contribution in [3.63, 3.8) is 0 Å². The summed E-state index contributed by atoms with van der Waals surface area (Å²) in [5.74, 6) is 0. The molecule has 1 aromatic carbocycles. The number of halogens is 3. The molecule has 1 aromatic rings. The molecule has 3 nitrogen and oxygen atoms in total. The average molecular weight is 288 g/mol.